The first kappa shape index (κ1) is 26.9. The van der Waals surface area contributed by atoms with E-state index in [1.807, 2.05) is 0 Å². The van der Waals surface area contributed by atoms with Gasteiger partial charge in [-0.2, -0.15) is 0 Å². The van der Waals surface area contributed by atoms with Gasteiger partial charge in [0.05, 0.1) is 0 Å². The van der Waals surface area contributed by atoms with Gasteiger partial charge in [-0.3, -0.25) is 0 Å². The Labute approximate surface area is 225 Å². The van der Waals surface area contributed by atoms with Crippen LogP contribution in [0, 0.1) is 5.41 Å². The van der Waals surface area contributed by atoms with Gasteiger partial charge >= 0.3 is 0 Å². The SMILES string of the molecule is CCC(CC)(CC)[C@@](CC)(c1ccccc1)C(c1ccccc1)(c1ccccc1)[C@@H](C)c1ccccc1. The zero-order chi connectivity index (χ0) is 26.4. The third kappa shape index (κ3) is 4.15. The van der Waals surface area contributed by atoms with Crippen LogP contribution in [-0.2, 0) is 10.8 Å². The van der Waals surface area contributed by atoms with E-state index < -0.39 is 0 Å². The normalized spacial score (nSPS) is 14.6. The molecular formula is C37H44. The Balaban J connectivity index is 2.30. The van der Waals surface area contributed by atoms with Gasteiger partial charge in [-0.25, -0.2) is 0 Å². The molecule has 0 aliphatic rings. The molecule has 0 amide bonds. The van der Waals surface area contributed by atoms with E-state index >= 15 is 0 Å². The van der Waals surface area contributed by atoms with E-state index in [1.165, 1.54) is 22.3 Å². The predicted molar refractivity (Wildman–Crippen MR) is 160 cm³/mol. The van der Waals surface area contributed by atoms with Gasteiger partial charge in [0.25, 0.3) is 0 Å². The first-order chi connectivity index (χ1) is 18.1. The summed E-state index contributed by atoms with van der Waals surface area (Å²) < 4.78 is 0. The molecule has 2 atom stereocenters. The maximum absolute atomic E-state index is 2.48. The molecular weight excluding hydrogens is 444 g/mol. The average molecular weight is 489 g/mol. The van der Waals surface area contributed by atoms with E-state index in [4.69, 9.17) is 0 Å². The van der Waals surface area contributed by atoms with Crippen LogP contribution in [-0.4, -0.2) is 0 Å². The molecule has 0 aliphatic heterocycles. The number of hydrogen-bond acceptors (Lipinski definition) is 0. The molecule has 0 aromatic heterocycles. The zero-order valence-electron chi connectivity index (χ0n) is 23.5. The summed E-state index contributed by atoms with van der Waals surface area (Å²) in [6.45, 7) is 12.2. The lowest BCUT2D eigenvalue weighted by Gasteiger charge is -2.64. The van der Waals surface area contributed by atoms with Crippen molar-refractivity contribution in [1.29, 1.82) is 0 Å². The van der Waals surface area contributed by atoms with Gasteiger partial charge < -0.3 is 0 Å². The molecule has 0 heterocycles. The highest BCUT2D eigenvalue weighted by molar-refractivity contribution is 5.54. The van der Waals surface area contributed by atoms with Crippen LogP contribution in [0.15, 0.2) is 121 Å². The number of benzene rings is 4. The van der Waals surface area contributed by atoms with Crippen LogP contribution < -0.4 is 0 Å². The van der Waals surface area contributed by atoms with E-state index in [9.17, 15) is 0 Å². The second-order valence-corrected chi connectivity index (χ2v) is 10.6. The molecule has 37 heavy (non-hydrogen) atoms. The monoisotopic (exact) mass is 488 g/mol. The molecule has 0 bridgehead atoms. The van der Waals surface area contributed by atoms with Crippen molar-refractivity contribution in [3.05, 3.63) is 144 Å². The van der Waals surface area contributed by atoms with Crippen molar-refractivity contribution in [1.82, 2.24) is 0 Å². The molecule has 0 saturated carbocycles. The van der Waals surface area contributed by atoms with Crippen LogP contribution >= 0.6 is 0 Å². The Morgan fingerprint density at radius 1 is 0.459 bits per heavy atom. The molecule has 0 radical (unpaired) electrons. The van der Waals surface area contributed by atoms with Crippen LogP contribution in [0.1, 0.15) is 88.5 Å². The van der Waals surface area contributed by atoms with Crippen molar-refractivity contribution >= 4 is 0 Å². The minimum atomic E-state index is -0.297. The minimum Gasteiger partial charge on any atom is -0.0648 e. The van der Waals surface area contributed by atoms with Crippen molar-refractivity contribution < 1.29 is 0 Å². The molecule has 0 heteroatoms. The molecule has 0 fully saturated rings. The molecule has 0 unspecified atom stereocenters. The molecule has 4 rings (SSSR count). The summed E-state index contributed by atoms with van der Waals surface area (Å²) >= 11 is 0. The van der Waals surface area contributed by atoms with Crippen LogP contribution in [0.5, 0.6) is 0 Å². The Morgan fingerprint density at radius 3 is 1.16 bits per heavy atom. The minimum absolute atomic E-state index is 0.0951. The van der Waals surface area contributed by atoms with Crippen molar-refractivity contribution in [3.63, 3.8) is 0 Å². The molecule has 192 valence electrons. The van der Waals surface area contributed by atoms with Gasteiger partial charge in [0.1, 0.15) is 0 Å². The smallest absolute Gasteiger partial charge is 0.0370 e. The van der Waals surface area contributed by atoms with Crippen LogP contribution in [0.2, 0.25) is 0 Å². The van der Waals surface area contributed by atoms with Gasteiger partial charge in [0, 0.05) is 10.8 Å². The molecule has 0 N–H and O–H groups in total. The number of rotatable bonds is 11. The maximum atomic E-state index is 2.48. The summed E-state index contributed by atoms with van der Waals surface area (Å²) in [6, 6.07) is 45.6. The van der Waals surface area contributed by atoms with E-state index in [-0.39, 0.29) is 22.2 Å². The Morgan fingerprint density at radius 2 is 0.811 bits per heavy atom. The van der Waals surface area contributed by atoms with E-state index in [0.717, 1.165) is 25.7 Å². The van der Waals surface area contributed by atoms with Gasteiger partial charge in [0.15, 0.2) is 0 Å². The summed E-state index contributed by atoms with van der Waals surface area (Å²) in [7, 11) is 0. The maximum Gasteiger partial charge on any atom is 0.0370 e. The predicted octanol–water partition coefficient (Wildman–Crippen LogP) is 10.3. The lowest BCUT2D eigenvalue weighted by Crippen LogP contribution is -2.61. The van der Waals surface area contributed by atoms with E-state index in [1.54, 1.807) is 0 Å². The summed E-state index contributed by atoms with van der Waals surface area (Å²) in [5, 5.41) is 0. The summed E-state index contributed by atoms with van der Waals surface area (Å²) in [5.74, 6) is 0.239. The Hall–Kier alpha value is -3.12. The molecule has 0 nitrogen and oxygen atoms in total. The molecule has 0 aliphatic carbocycles. The lowest BCUT2D eigenvalue weighted by atomic mass is 9.38. The summed E-state index contributed by atoms with van der Waals surface area (Å²) in [4.78, 5) is 0. The molecule has 0 spiro atoms. The van der Waals surface area contributed by atoms with E-state index in [2.05, 4.69) is 156 Å². The fourth-order valence-corrected chi connectivity index (χ4v) is 8.11. The summed E-state index contributed by atoms with van der Waals surface area (Å²) in [6.07, 6.45) is 4.44. The Kier molecular flexibility index (Phi) is 8.38. The first-order valence-corrected chi connectivity index (χ1v) is 14.3. The fraction of sp³-hybridized carbons (Fsp3) is 0.351. The topological polar surface area (TPSA) is 0 Å². The van der Waals surface area contributed by atoms with Crippen LogP contribution in [0.25, 0.3) is 0 Å². The quantitative estimate of drug-likeness (QED) is 0.197. The molecule has 0 saturated heterocycles. The van der Waals surface area contributed by atoms with Crippen LogP contribution in [0.3, 0.4) is 0 Å². The van der Waals surface area contributed by atoms with Crippen molar-refractivity contribution in [3.8, 4) is 0 Å². The summed E-state index contributed by atoms with van der Waals surface area (Å²) in [5.41, 5.74) is 5.30. The largest absolute Gasteiger partial charge is 0.0648 e. The fourth-order valence-electron chi connectivity index (χ4n) is 8.11. The first-order valence-electron chi connectivity index (χ1n) is 14.3. The highest BCUT2D eigenvalue weighted by atomic mass is 14.7. The van der Waals surface area contributed by atoms with Gasteiger partial charge in [-0.05, 0) is 59.3 Å². The van der Waals surface area contributed by atoms with Gasteiger partial charge in [0.2, 0.25) is 0 Å². The highest BCUT2D eigenvalue weighted by Gasteiger charge is 2.63. The van der Waals surface area contributed by atoms with Crippen molar-refractivity contribution in [2.75, 3.05) is 0 Å². The molecule has 4 aromatic rings. The van der Waals surface area contributed by atoms with Crippen molar-refractivity contribution in [2.24, 2.45) is 5.41 Å². The second kappa shape index (κ2) is 11.5. The third-order valence-corrected chi connectivity index (χ3v) is 9.81. The van der Waals surface area contributed by atoms with Gasteiger partial charge in [-0.15, -0.1) is 0 Å². The molecule has 4 aromatic carbocycles. The number of hydrogen-bond donors (Lipinski definition) is 0. The second-order valence-electron chi connectivity index (χ2n) is 10.6. The highest BCUT2D eigenvalue weighted by Crippen LogP contribution is 2.67. The lowest BCUT2D eigenvalue weighted by molar-refractivity contribution is 0.0171. The zero-order valence-corrected chi connectivity index (χ0v) is 23.5. The Bertz CT molecular complexity index is 1160. The average Bonchev–Trinajstić information content (AvgIpc) is 2.99. The van der Waals surface area contributed by atoms with Crippen LogP contribution in [0.4, 0.5) is 0 Å². The third-order valence-electron chi connectivity index (χ3n) is 9.81. The standard InChI is InChI=1S/C37H44/c1-6-35(7-2,8-3)36(9-4,32-24-16-11-17-25-32)37(33-26-18-12-19-27-33,34-28-20-13-21-29-34)30(5)31-22-14-10-15-23-31/h10-30H,6-9H2,1-5H3/t30-,36+/m0/s1. The van der Waals surface area contributed by atoms with Gasteiger partial charge in [-0.1, -0.05) is 156 Å². The van der Waals surface area contributed by atoms with Crippen molar-refractivity contribution in [2.45, 2.75) is 77.0 Å². The van der Waals surface area contributed by atoms with E-state index in [0.29, 0.717) is 0 Å².